The number of halogens is 1. The number of aromatic nitrogens is 1. The number of hydrogen-bond donors (Lipinski definition) is 0. The minimum atomic E-state index is -0.522. The predicted molar refractivity (Wildman–Crippen MR) is 72.5 cm³/mol. The molecule has 0 saturated heterocycles. The summed E-state index contributed by atoms with van der Waals surface area (Å²) in [5, 5.41) is 11.3. The highest BCUT2D eigenvalue weighted by Gasteiger charge is 2.08. The van der Waals surface area contributed by atoms with E-state index in [0.717, 1.165) is 5.56 Å². The summed E-state index contributed by atoms with van der Waals surface area (Å²) in [4.78, 5) is 21.7. The van der Waals surface area contributed by atoms with Crippen molar-refractivity contribution >= 4 is 17.3 Å². The van der Waals surface area contributed by atoms with Gasteiger partial charge < -0.3 is 4.57 Å². The van der Waals surface area contributed by atoms with Gasteiger partial charge in [0.1, 0.15) is 0 Å². The fourth-order valence-electron chi connectivity index (χ4n) is 1.74. The van der Waals surface area contributed by atoms with E-state index in [1.807, 2.05) is 18.2 Å². The van der Waals surface area contributed by atoms with Crippen molar-refractivity contribution in [3.05, 3.63) is 73.6 Å². The van der Waals surface area contributed by atoms with Crippen LogP contribution in [0.25, 0.3) is 0 Å². The molecule has 19 heavy (non-hydrogen) atoms. The van der Waals surface area contributed by atoms with Gasteiger partial charge in [0.25, 0.3) is 11.2 Å². The van der Waals surface area contributed by atoms with Gasteiger partial charge in [-0.2, -0.15) is 0 Å². The maximum atomic E-state index is 11.6. The number of benzene rings is 1. The normalized spacial score (nSPS) is 10.4. The first-order valence-electron chi connectivity index (χ1n) is 5.66. The van der Waals surface area contributed by atoms with Crippen LogP contribution in [0.1, 0.15) is 5.56 Å². The summed E-state index contributed by atoms with van der Waals surface area (Å²) in [6.07, 6.45) is 1.79. The number of rotatable bonds is 4. The molecule has 0 saturated carbocycles. The molecule has 0 unspecified atom stereocenters. The maximum Gasteiger partial charge on any atom is 0.285 e. The summed E-state index contributed by atoms with van der Waals surface area (Å²) in [5.41, 5.74) is 0.541. The number of pyridine rings is 1. The Morgan fingerprint density at radius 2 is 1.95 bits per heavy atom. The number of hydrogen-bond acceptors (Lipinski definition) is 3. The molecule has 5 nitrogen and oxygen atoms in total. The molecule has 0 fully saturated rings. The Hall–Kier alpha value is -2.14. The third-order valence-corrected chi connectivity index (χ3v) is 3.13. The van der Waals surface area contributed by atoms with E-state index >= 15 is 0 Å². The third kappa shape index (κ3) is 3.20. The van der Waals surface area contributed by atoms with Gasteiger partial charge in [-0.1, -0.05) is 29.8 Å². The Kier molecular flexibility index (Phi) is 3.97. The van der Waals surface area contributed by atoms with Crippen molar-refractivity contribution in [1.82, 2.24) is 4.57 Å². The molecule has 0 amide bonds. The number of aryl methyl sites for hydroxylation is 2. The van der Waals surface area contributed by atoms with E-state index in [1.54, 1.807) is 6.07 Å². The minimum absolute atomic E-state index is 0.0984. The molecule has 0 aliphatic carbocycles. The SMILES string of the molecule is O=c1ccc([N+](=O)[O-])cn1CCc1ccccc1Cl. The second kappa shape index (κ2) is 5.67. The smallest absolute Gasteiger partial charge is 0.285 e. The van der Waals surface area contributed by atoms with Gasteiger partial charge in [0, 0.05) is 23.7 Å². The minimum Gasteiger partial charge on any atom is -0.309 e. The van der Waals surface area contributed by atoms with Crippen LogP contribution in [0.2, 0.25) is 5.02 Å². The first-order chi connectivity index (χ1) is 9.08. The lowest BCUT2D eigenvalue weighted by molar-refractivity contribution is -0.385. The van der Waals surface area contributed by atoms with Crippen molar-refractivity contribution in [3.8, 4) is 0 Å². The monoisotopic (exact) mass is 278 g/mol. The summed E-state index contributed by atoms with van der Waals surface area (Å²) >= 11 is 6.02. The first-order valence-corrected chi connectivity index (χ1v) is 6.04. The van der Waals surface area contributed by atoms with Crippen LogP contribution in [-0.2, 0) is 13.0 Å². The molecule has 98 valence electrons. The van der Waals surface area contributed by atoms with E-state index in [9.17, 15) is 14.9 Å². The van der Waals surface area contributed by atoms with Crippen molar-refractivity contribution in [2.75, 3.05) is 0 Å². The molecule has 1 aromatic heterocycles. The molecule has 0 radical (unpaired) electrons. The summed E-state index contributed by atoms with van der Waals surface area (Å²) in [6.45, 7) is 0.351. The maximum absolute atomic E-state index is 11.6. The molecule has 1 aromatic carbocycles. The van der Waals surface area contributed by atoms with Crippen molar-refractivity contribution in [2.45, 2.75) is 13.0 Å². The molecule has 0 aliphatic rings. The number of nitro groups is 1. The molecule has 0 atom stereocenters. The summed E-state index contributed by atoms with van der Waals surface area (Å²) in [6, 6.07) is 9.72. The average molecular weight is 279 g/mol. The third-order valence-electron chi connectivity index (χ3n) is 2.76. The quantitative estimate of drug-likeness (QED) is 0.638. The molecular weight excluding hydrogens is 268 g/mol. The van der Waals surface area contributed by atoms with Crippen LogP contribution in [0.3, 0.4) is 0 Å². The van der Waals surface area contributed by atoms with Crippen molar-refractivity contribution in [2.24, 2.45) is 0 Å². The van der Waals surface area contributed by atoms with Crippen LogP contribution in [0.5, 0.6) is 0 Å². The zero-order chi connectivity index (χ0) is 13.8. The topological polar surface area (TPSA) is 65.1 Å². The lowest BCUT2D eigenvalue weighted by atomic mass is 10.1. The fourth-order valence-corrected chi connectivity index (χ4v) is 1.97. The Bertz CT molecular complexity index is 667. The van der Waals surface area contributed by atoms with Gasteiger partial charge in [0.05, 0.1) is 11.1 Å². The molecule has 1 heterocycles. The Morgan fingerprint density at radius 1 is 1.21 bits per heavy atom. The summed E-state index contributed by atoms with van der Waals surface area (Å²) in [7, 11) is 0. The molecule has 0 aliphatic heterocycles. The highest BCUT2D eigenvalue weighted by molar-refractivity contribution is 6.31. The number of nitrogens with zero attached hydrogens (tertiary/aromatic N) is 2. The lowest BCUT2D eigenvalue weighted by Gasteiger charge is -2.06. The Morgan fingerprint density at radius 3 is 2.63 bits per heavy atom. The molecule has 2 rings (SSSR count). The van der Waals surface area contributed by atoms with Gasteiger partial charge in [-0.15, -0.1) is 0 Å². The highest BCUT2D eigenvalue weighted by atomic mass is 35.5. The zero-order valence-corrected chi connectivity index (χ0v) is 10.7. The average Bonchev–Trinajstić information content (AvgIpc) is 2.39. The standard InChI is InChI=1S/C13H11ClN2O3/c14-12-4-2-1-3-10(12)7-8-15-9-11(16(18)19)5-6-13(15)17/h1-6,9H,7-8H2. The second-order valence-electron chi connectivity index (χ2n) is 4.02. The molecular formula is C13H11ClN2O3. The van der Waals surface area contributed by atoms with Gasteiger partial charge in [-0.3, -0.25) is 14.9 Å². The molecule has 0 bridgehead atoms. The van der Waals surface area contributed by atoms with Crippen molar-refractivity contribution in [3.63, 3.8) is 0 Å². The molecule has 0 N–H and O–H groups in total. The molecule has 0 spiro atoms. The summed E-state index contributed by atoms with van der Waals surface area (Å²) in [5.74, 6) is 0. The van der Waals surface area contributed by atoms with E-state index in [-0.39, 0.29) is 11.2 Å². The van der Waals surface area contributed by atoms with Gasteiger partial charge in [0.15, 0.2) is 0 Å². The van der Waals surface area contributed by atoms with Gasteiger partial charge in [-0.05, 0) is 18.1 Å². The lowest BCUT2D eigenvalue weighted by Crippen LogP contribution is -2.19. The Labute approximate surface area is 114 Å². The molecule has 2 aromatic rings. The van der Waals surface area contributed by atoms with Crippen molar-refractivity contribution < 1.29 is 4.92 Å². The zero-order valence-electron chi connectivity index (χ0n) is 9.95. The largest absolute Gasteiger partial charge is 0.309 e. The van der Waals surface area contributed by atoms with E-state index in [4.69, 9.17) is 11.6 Å². The summed E-state index contributed by atoms with van der Waals surface area (Å²) < 4.78 is 1.32. The van der Waals surface area contributed by atoms with E-state index in [1.165, 1.54) is 22.9 Å². The van der Waals surface area contributed by atoms with Gasteiger partial charge in [-0.25, -0.2) is 0 Å². The van der Waals surface area contributed by atoms with Crippen LogP contribution in [0.15, 0.2) is 47.4 Å². The van der Waals surface area contributed by atoms with Gasteiger partial charge in [0.2, 0.25) is 0 Å². The molecule has 6 heteroatoms. The van der Waals surface area contributed by atoms with Gasteiger partial charge >= 0.3 is 0 Å². The highest BCUT2D eigenvalue weighted by Crippen LogP contribution is 2.16. The van der Waals surface area contributed by atoms with Crippen LogP contribution in [0.4, 0.5) is 5.69 Å². The van der Waals surface area contributed by atoms with Crippen LogP contribution < -0.4 is 5.56 Å². The predicted octanol–water partition coefficient (Wildman–Crippen LogP) is 2.65. The fraction of sp³-hybridized carbons (Fsp3) is 0.154. The van der Waals surface area contributed by atoms with Crippen LogP contribution >= 0.6 is 11.6 Å². The van der Waals surface area contributed by atoms with Crippen molar-refractivity contribution in [1.29, 1.82) is 0 Å². The first kappa shape index (κ1) is 13.3. The van der Waals surface area contributed by atoms with E-state index in [2.05, 4.69) is 0 Å². The van der Waals surface area contributed by atoms with Crippen LogP contribution in [0, 0.1) is 10.1 Å². The second-order valence-corrected chi connectivity index (χ2v) is 4.42. The van der Waals surface area contributed by atoms with E-state index < -0.39 is 4.92 Å². The van der Waals surface area contributed by atoms with E-state index in [0.29, 0.717) is 18.0 Å². The van der Waals surface area contributed by atoms with Crippen LogP contribution in [-0.4, -0.2) is 9.49 Å². The Balaban J connectivity index is 2.20.